The zero-order chi connectivity index (χ0) is 23.2. The topological polar surface area (TPSA) is 118 Å². The van der Waals surface area contributed by atoms with Gasteiger partial charge in [0.1, 0.15) is 5.82 Å². The van der Waals surface area contributed by atoms with Crippen LogP contribution in [0.4, 0.5) is 30.5 Å². The van der Waals surface area contributed by atoms with Crippen molar-refractivity contribution in [3.05, 3.63) is 51.9 Å². The second-order valence-corrected chi connectivity index (χ2v) is 7.92. The first-order chi connectivity index (χ1) is 15.8. The van der Waals surface area contributed by atoms with Crippen LogP contribution in [0.1, 0.15) is 11.3 Å². The van der Waals surface area contributed by atoms with E-state index in [1.807, 2.05) is 11.8 Å². The standard InChI is InChI=1S/C21H21F3N8O/c1-11-6-18(30-28-11)26-12-7-16(27-19(8-12)32-4-2-25-3-5-32)13-9-14-17(29-31-20(14)33)10-15(13)21(22,23)24/h6-10,25H,2-5H2,1H3,(H2,29,31,33)(H2,26,27,28,30). The van der Waals surface area contributed by atoms with Gasteiger partial charge in [-0.25, -0.2) is 4.98 Å². The maximum Gasteiger partial charge on any atom is 0.417 e. The molecule has 1 aromatic carbocycles. The molecule has 1 saturated heterocycles. The zero-order valence-corrected chi connectivity index (χ0v) is 17.6. The molecule has 1 aliphatic heterocycles. The molecule has 4 heterocycles. The number of rotatable bonds is 4. The first kappa shape index (κ1) is 21.1. The molecule has 172 valence electrons. The van der Waals surface area contributed by atoms with Crippen molar-refractivity contribution in [1.82, 2.24) is 30.7 Å². The molecular formula is C21H21F3N8O. The van der Waals surface area contributed by atoms with E-state index in [9.17, 15) is 18.0 Å². The average Bonchev–Trinajstić information content (AvgIpc) is 3.37. The minimum absolute atomic E-state index is 0.0830. The van der Waals surface area contributed by atoms with Crippen molar-refractivity contribution < 1.29 is 13.2 Å². The Hall–Kier alpha value is -3.80. The number of aryl methyl sites for hydroxylation is 1. The van der Waals surface area contributed by atoms with Crippen molar-refractivity contribution in [2.45, 2.75) is 13.1 Å². The summed E-state index contributed by atoms with van der Waals surface area (Å²) in [5.74, 6) is 1.07. The summed E-state index contributed by atoms with van der Waals surface area (Å²) in [4.78, 5) is 18.7. The molecule has 12 heteroatoms. The highest BCUT2D eigenvalue weighted by Crippen LogP contribution is 2.39. The van der Waals surface area contributed by atoms with Gasteiger partial charge in [-0.05, 0) is 25.1 Å². The number of pyridine rings is 1. The van der Waals surface area contributed by atoms with E-state index >= 15 is 0 Å². The van der Waals surface area contributed by atoms with Crippen LogP contribution < -0.4 is 21.1 Å². The highest BCUT2D eigenvalue weighted by Gasteiger charge is 2.35. The Morgan fingerprint density at radius 2 is 1.85 bits per heavy atom. The number of fused-ring (bicyclic) bond motifs is 1. The summed E-state index contributed by atoms with van der Waals surface area (Å²) in [6.45, 7) is 4.67. The summed E-state index contributed by atoms with van der Waals surface area (Å²) in [7, 11) is 0. The van der Waals surface area contributed by atoms with Crippen molar-refractivity contribution in [2.24, 2.45) is 0 Å². The van der Waals surface area contributed by atoms with Gasteiger partial charge < -0.3 is 15.5 Å². The van der Waals surface area contributed by atoms with E-state index in [2.05, 4.69) is 36.0 Å². The molecular weight excluding hydrogens is 437 g/mol. The van der Waals surface area contributed by atoms with Crippen molar-refractivity contribution in [1.29, 1.82) is 0 Å². The number of alkyl halides is 3. The number of hydrogen-bond acceptors (Lipinski definition) is 6. The Balaban J connectivity index is 1.69. The highest BCUT2D eigenvalue weighted by molar-refractivity contribution is 5.86. The van der Waals surface area contributed by atoms with Gasteiger partial charge in [-0.1, -0.05) is 0 Å². The molecule has 9 nitrogen and oxygen atoms in total. The van der Waals surface area contributed by atoms with Gasteiger partial charge in [0.05, 0.1) is 22.2 Å². The van der Waals surface area contributed by atoms with E-state index in [4.69, 9.17) is 0 Å². The van der Waals surface area contributed by atoms with Gasteiger partial charge in [0.25, 0.3) is 5.56 Å². The van der Waals surface area contributed by atoms with Crippen LogP contribution in [-0.2, 0) is 6.18 Å². The molecule has 4 aromatic rings. The van der Waals surface area contributed by atoms with Gasteiger partial charge in [-0.3, -0.25) is 20.1 Å². The fraction of sp³-hybridized carbons (Fsp3) is 0.286. The molecule has 0 radical (unpaired) electrons. The lowest BCUT2D eigenvalue weighted by Gasteiger charge is -2.29. The molecule has 5 rings (SSSR count). The molecule has 0 amide bonds. The number of halogens is 3. The maximum atomic E-state index is 14.0. The monoisotopic (exact) mass is 458 g/mol. The van der Waals surface area contributed by atoms with Crippen LogP contribution >= 0.6 is 0 Å². The van der Waals surface area contributed by atoms with Crippen molar-refractivity contribution in [3.63, 3.8) is 0 Å². The minimum atomic E-state index is -4.64. The molecule has 1 aliphatic rings. The number of H-pyrrole nitrogens is 3. The van der Waals surface area contributed by atoms with E-state index in [0.29, 0.717) is 30.4 Å². The van der Waals surface area contributed by atoms with Gasteiger partial charge >= 0.3 is 6.18 Å². The Morgan fingerprint density at radius 3 is 2.55 bits per heavy atom. The number of benzene rings is 1. The smallest absolute Gasteiger partial charge is 0.354 e. The quantitative estimate of drug-likeness (QED) is 0.321. The highest BCUT2D eigenvalue weighted by atomic mass is 19.4. The minimum Gasteiger partial charge on any atom is -0.354 e. The van der Waals surface area contributed by atoms with Gasteiger partial charge in [0.15, 0.2) is 5.82 Å². The maximum absolute atomic E-state index is 14.0. The van der Waals surface area contributed by atoms with Gasteiger partial charge in [-0.2, -0.15) is 18.3 Å². The third-order valence-corrected chi connectivity index (χ3v) is 5.53. The van der Waals surface area contributed by atoms with Gasteiger partial charge in [0, 0.05) is 55.3 Å². The number of anilines is 3. The molecule has 0 saturated carbocycles. The summed E-state index contributed by atoms with van der Waals surface area (Å²) < 4.78 is 42.0. The van der Waals surface area contributed by atoms with Crippen LogP contribution in [0.3, 0.4) is 0 Å². The molecule has 0 spiro atoms. The first-order valence-corrected chi connectivity index (χ1v) is 10.4. The SMILES string of the molecule is Cc1cc(Nc2cc(-c3cc4c(=O)[nH][nH]c4cc3C(F)(F)F)nc(N3CCNCC3)c2)n[nH]1. The number of aromatic nitrogens is 5. The molecule has 33 heavy (non-hydrogen) atoms. The lowest BCUT2D eigenvalue weighted by atomic mass is 10.0. The van der Waals surface area contributed by atoms with Crippen molar-refractivity contribution >= 4 is 28.2 Å². The molecule has 5 N–H and O–H groups in total. The van der Waals surface area contributed by atoms with Crippen LogP contribution in [-0.4, -0.2) is 51.6 Å². The van der Waals surface area contributed by atoms with Crippen LogP contribution in [0.5, 0.6) is 0 Å². The predicted molar refractivity (Wildman–Crippen MR) is 119 cm³/mol. The first-order valence-electron chi connectivity index (χ1n) is 10.4. The molecule has 0 atom stereocenters. The van der Waals surface area contributed by atoms with Crippen LogP contribution in [0, 0.1) is 6.92 Å². The zero-order valence-electron chi connectivity index (χ0n) is 17.6. The van der Waals surface area contributed by atoms with Gasteiger partial charge in [0.2, 0.25) is 0 Å². The number of nitrogens with zero attached hydrogens (tertiary/aromatic N) is 3. The van der Waals surface area contributed by atoms with E-state index in [0.717, 1.165) is 24.8 Å². The Labute approximate surface area is 185 Å². The summed E-state index contributed by atoms with van der Waals surface area (Å²) >= 11 is 0. The average molecular weight is 458 g/mol. The Morgan fingerprint density at radius 1 is 1.06 bits per heavy atom. The number of nitrogens with one attached hydrogen (secondary N) is 5. The summed E-state index contributed by atoms with van der Waals surface area (Å²) in [6.07, 6.45) is -4.64. The van der Waals surface area contributed by atoms with E-state index < -0.39 is 17.3 Å². The Kier molecular flexibility index (Phi) is 5.08. The third-order valence-electron chi connectivity index (χ3n) is 5.53. The largest absolute Gasteiger partial charge is 0.417 e. The fourth-order valence-corrected chi connectivity index (χ4v) is 3.94. The van der Waals surface area contributed by atoms with Crippen LogP contribution in [0.25, 0.3) is 22.2 Å². The Bertz CT molecular complexity index is 1360. The van der Waals surface area contributed by atoms with E-state index in [1.165, 1.54) is 12.1 Å². The molecule has 0 aliphatic carbocycles. The fourth-order valence-electron chi connectivity index (χ4n) is 3.94. The lowest BCUT2D eigenvalue weighted by Crippen LogP contribution is -2.43. The second-order valence-electron chi connectivity index (χ2n) is 7.92. The van der Waals surface area contributed by atoms with Crippen LogP contribution in [0.15, 0.2) is 35.1 Å². The summed E-state index contributed by atoms with van der Waals surface area (Å²) in [5.41, 5.74) is 0.0239. The van der Waals surface area contributed by atoms with Crippen molar-refractivity contribution in [2.75, 3.05) is 36.4 Å². The molecule has 0 unspecified atom stereocenters. The number of piperazine rings is 1. The second kappa shape index (κ2) is 7.96. The summed E-state index contributed by atoms with van der Waals surface area (Å²) in [5, 5.41) is 18.3. The summed E-state index contributed by atoms with van der Waals surface area (Å²) in [6, 6.07) is 7.28. The number of aromatic amines is 3. The third kappa shape index (κ3) is 4.16. The molecule has 0 bridgehead atoms. The van der Waals surface area contributed by atoms with E-state index in [1.54, 1.807) is 12.1 Å². The molecule has 3 aromatic heterocycles. The van der Waals surface area contributed by atoms with Crippen molar-refractivity contribution in [3.8, 4) is 11.3 Å². The van der Waals surface area contributed by atoms with Crippen LogP contribution in [0.2, 0.25) is 0 Å². The lowest BCUT2D eigenvalue weighted by molar-refractivity contribution is -0.137. The molecule has 1 fully saturated rings. The van der Waals surface area contributed by atoms with E-state index in [-0.39, 0.29) is 22.2 Å². The normalized spacial score (nSPS) is 14.7. The predicted octanol–water partition coefficient (Wildman–Crippen LogP) is 3.12. The number of hydrogen-bond donors (Lipinski definition) is 5. The van der Waals surface area contributed by atoms with Gasteiger partial charge in [-0.15, -0.1) is 0 Å².